The van der Waals surface area contributed by atoms with Crippen LogP contribution in [0.15, 0.2) is 28.7 Å². The van der Waals surface area contributed by atoms with Gasteiger partial charge in [0, 0.05) is 34.4 Å². The van der Waals surface area contributed by atoms with Crippen molar-refractivity contribution in [1.29, 1.82) is 0 Å². The van der Waals surface area contributed by atoms with Gasteiger partial charge in [-0.15, -0.1) is 58.0 Å². The van der Waals surface area contributed by atoms with Gasteiger partial charge in [0.2, 0.25) is 0 Å². The molecule has 3 rings (SSSR count). The van der Waals surface area contributed by atoms with Crippen LogP contribution in [0.25, 0.3) is 10.6 Å². The number of thiophene rings is 1. The first-order chi connectivity index (χ1) is 12.6. The zero-order chi connectivity index (χ0) is 18.4. The van der Waals surface area contributed by atoms with E-state index in [1.54, 1.807) is 22.7 Å². The minimum Gasteiger partial charge on any atom is -0.357 e. The lowest BCUT2D eigenvalue weighted by atomic mass is 10.3. The Hall–Kier alpha value is -1.04. The molecule has 0 atom stereocenters. The summed E-state index contributed by atoms with van der Waals surface area (Å²) in [4.78, 5) is 17.4. The molecule has 0 saturated heterocycles. The molecule has 0 unspecified atom stereocenters. The van der Waals surface area contributed by atoms with Crippen LogP contribution in [-0.4, -0.2) is 29.0 Å². The minimum atomic E-state index is 0. The Morgan fingerprint density at radius 3 is 2.70 bits per heavy atom. The van der Waals surface area contributed by atoms with Crippen molar-refractivity contribution in [2.45, 2.75) is 33.7 Å². The monoisotopic (exact) mass is 533 g/mol. The zero-order valence-electron chi connectivity index (χ0n) is 15.6. The Kier molecular flexibility index (Phi) is 9.13. The van der Waals surface area contributed by atoms with Crippen molar-refractivity contribution >= 4 is 63.9 Å². The maximum atomic E-state index is 4.62. The summed E-state index contributed by atoms with van der Waals surface area (Å²) in [7, 11) is 0. The van der Waals surface area contributed by atoms with Crippen LogP contribution in [0.5, 0.6) is 0 Å². The highest BCUT2D eigenvalue weighted by molar-refractivity contribution is 14.0. The van der Waals surface area contributed by atoms with E-state index in [1.807, 2.05) is 24.5 Å². The number of nitrogens with one attached hydrogen (secondary N) is 2. The van der Waals surface area contributed by atoms with Gasteiger partial charge in [0.25, 0.3) is 0 Å². The standard InChI is InChI=1S/C18H23N5S3.HI/c1-4-19-18(22-10-17-21-9-12(2)25-17)20-8-7-14-5-6-16(26-14)15-11-24-13(3)23-15;/h5-6,9,11H,4,7-8,10H2,1-3H3,(H2,19,20,22);1H. The number of aliphatic imine (C=N–C) groups is 1. The second kappa shape index (κ2) is 11.1. The van der Waals surface area contributed by atoms with Gasteiger partial charge in [-0.05, 0) is 39.3 Å². The fraction of sp³-hybridized carbons (Fsp3) is 0.389. The second-order valence-corrected chi connectivity index (χ2v) is 9.30. The van der Waals surface area contributed by atoms with Crippen LogP contribution in [-0.2, 0) is 13.0 Å². The minimum absolute atomic E-state index is 0. The van der Waals surface area contributed by atoms with Crippen LogP contribution in [0, 0.1) is 13.8 Å². The lowest BCUT2D eigenvalue weighted by Gasteiger charge is -2.10. The molecule has 2 N–H and O–H groups in total. The van der Waals surface area contributed by atoms with Gasteiger partial charge in [0.05, 0.1) is 22.1 Å². The van der Waals surface area contributed by atoms with E-state index in [2.05, 4.69) is 57.0 Å². The molecule has 0 aliphatic heterocycles. The van der Waals surface area contributed by atoms with Crippen LogP contribution < -0.4 is 10.6 Å². The maximum Gasteiger partial charge on any atom is 0.191 e. The Bertz CT molecular complexity index is 868. The molecule has 0 aliphatic carbocycles. The van der Waals surface area contributed by atoms with E-state index in [0.717, 1.165) is 41.2 Å². The van der Waals surface area contributed by atoms with Crippen molar-refractivity contribution in [2.24, 2.45) is 4.99 Å². The average Bonchev–Trinajstić information content (AvgIpc) is 3.34. The summed E-state index contributed by atoms with van der Waals surface area (Å²) in [5.41, 5.74) is 1.09. The van der Waals surface area contributed by atoms with Gasteiger partial charge in [0.1, 0.15) is 5.01 Å². The predicted octanol–water partition coefficient (Wildman–Crippen LogP) is 4.86. The Balaban J connectivity index is 0.00000261. The number of halogens is 1. The highest BCUT2D eigenvalue weighted by Gasteiger charge is 2.06. The van der Waals surface area contributed by atoms with Crippen molar-refractivity contribution in [3.05, 3.63) is 43.5 Å². The second-order valence-electron chi connectivity index (χ2n) is 5.75. The van der Waals surface area contributed by atoms with Crippen LogP contribution in [0.3, 0.4) is 0 Å². The first-order valence-electron chi connectivity index (χ1n) is 8.58. The lowest BCUT2D eigenvalue weighted by Crippen LogP contribution is -2.38. The highest BCUT2D eigenvalue weighted by Crippen LogP contribution is 2.29. The van der Waals surface area contributed by atoms with Crippen LogP contribution >= 0.6 is 58.0 Å². The summed E-state index contributed by atoms with van der Waals surface area (Å²) in [6, 6.07) is 4.36. The molecule has 0 spiro atoms. The third-order valence-corrected chi connectivity index (χ3v) is 6.42. The van der Waals surface area contributed by atoms with E-state index in [4.69, 9.17) is 0 Å². The zero-order valence-corrected chi connectivity index (χ0v) is 20.4. The van der Waals surface area contributed by atoms with Crippen LogP contribution in [0.4, 0.5) is 0 Å². The van der Waals surface area contributed by atoms with Gasteiger partial charge < -0.3 is 10.6 Å². The quantitative estimate of drug-likeness (QED) is 0.259. The summed E-state index contributed by atoms with van der Waals surface area (Å²) < 4.78 is 0. The fourth-order valence-electron chi connectivity index (χ4n) is 2.39. The number of guanidine groups is 1. The number of rotatable bonds is 7. The molecule has 0 radical (unpaired) electrons. The number of hydrogen-bond acceptors (Lipinski definition) is 6. The van der Waals surface area contributed by atoms with E-state index in [9.17, 15) is 0 Å². The van der Waals surface area contributed by atoms with Gasteiger partial charge >= 0.3 is 0 Å². The largest absolute Gasteiger partial charge is 0.357 e. The van der Waals surface area contributed by atoms with Gasteiger partial charge in [-0.3, -0.25) is 0 Å². The lowest BCUT2D eigenvalue weighted by molar-refractivity contribution is 0.804. The Labute approximate surface area is 189 Å². The predicted molar refractivity (Wildman–Crippen MR) is 129 cm³/mol. The van der Waals surface area contributed by atoms with Crippen molar-refractivity contribution in [1.82, 2.24) is 20.6 Å². The number of nitrogens with zero attached hydrogens (tertiary/aromatic N) is 3. The van der Waals surface area contributed by atoms with E-state index >= 15 is 0 Å². The van der Waals surface area contributed by atoms with Gasteiger partial charge in [-0.25, -0.2) is 15.0 Å². The van der Waals surface area contributed by atoms with Crippen molar-refractivity contribution in [3.63, 3.8) is 0 Å². The molecule has 27 heavy (non-hydrogen) atoms. The molecule has 0 aromatic carbocycles. The number of aromatic nitrogens is 2. The van der Waals surface area contributed by atoms with Crippen molar-refractivity contribution < 1.29 is 0 Å². The average molecular weight is 534 g/mol. The van der Waals surface area contributed by atoms with Crippen molar-refractivity contribution in [3.8, 4) is 10.6 Å². The summed E-state index contributed by atoms with van der Waals surface area (Å²) in [6.07, 6.45) is 2.86. The molecule has 0 aliphatic rings. The van der Waals surface area contributed by atoms with E-state index in [0.29, 0.717) is 6.54 Å². The first-order valence-corrected chi connectivity index (χ1v) is 11.1. The van der Waals surface area contributed by atoms with Crippen LogP contribution in [0.1, 0.15) is 26.7 Å². The molecular weight excluding hydrogens is 509 g/mol. The smallest absolute Gasteiger partial charge is 0.191 e. The fourth-order valence-corrected chi connectivity index (χ4v) is 4.76. The molecule has 0 amide bonds. The number of thiazole rings is 2. The molecule has 0 saturated carbocycles. The van der Waals surface area contributed by atoms with Crippen LogP contribution in [0.2, 0.25) is 0 Å². The molecular formula is C18H24IN5S3. The normalized spacial score (nSPS) is 11.3. The Morgan fingerprint density at radius 1 is 1.19 bits per heavy atom. The topological polar surface area (TPSA) is 62.2 Å². The number of hydrogen-bond donors (Lipinski definition) is 2. The summed E-state index contributed by atoms with van der Waals surface area (Å²) in [6.45, 7) is 8.48. The summed E-state index contributed by atoms with van der Waals surface area (Å²) >= 11 is 5.20. The summed E-state index contributed by atoms with van der Waals surface area (Å²) in [5, 5.41) is 11.0. The maximum absolute atomic E-state index is 4.62. The van der Waals surface area contributed by atoms with Gasteiger partial charge in [0.15, 0.2) is 5.96 Å². The summed E-state index contributed by atoms with van der Waals surface area (Å²) in [5.74, 6) is 0.840. The van der Waals surface area contributed by atoms with E-state index in [1.165, 1.54) is 14.6 Å². The van der Waals surface area contributed by atoms with Gasteiger partial charge in [-0.1, -0.05) is 0 Å². The molecule has 3 heterocycles. The van der Waals surface area contributed by atoms with Crippen molar-refractivity contribution in [2.75, 3.05) is 13.1 Å². The number of aryl methyl sites for hydroxylation is 2. The van der Waals surface area contributed by atoms with E-state index in [-0.39, 0.29) is 24.0 Å². The third kappa shape index (κ3) is 6.81. The van der Waals surface area contributed by atoms with E-state index < -0.39 is 0 Å². The molecule has 146 valence electrons. The SMILES string of the molecule is CCNC(=NCc1ncc(C)s1)NCCc1ccc(-c2csc(C)n2)s1.I. The molecule has 0 fully saturated rings. The molecule has 0 bridgehead atoms. The third-order valence-electron chi connectivity index (χ3n) is 3.58. The Morgan fingerprint density at radius 2 is 2.04 bits per heavy atom. The highest BCUT2D eigenvalue weighted by atomic mass is 127. The first kappa shape index (κ1) is 22.3. The molecule has 3 aromatic rings. The molecule has 3 aromatic heterocycles. The van der Waals surface area contributed by atoms with Gasteiger partial charge in [-0.2, -0.15) is 0 Å². The molecule has 9 heteroatoms. The molecule has 5 nitrogen and oxygen atoms in total.